The van der Waals surface area contributed by atoms with Crippen molar-refractivity contribution < 1.29 is 4.79 Å². The second kappa shape index (κ2) is 7.47. The van der Waals surface area contributed by atoms with Crippen LogP contribution in [0, 0.1) is 13.8 Å². The number of thiophene rings is 1. The molecule has 0 radical (unpaired) electrons. The molecule has 0 aliphatic heterocycles. The molecule has 5 rings (SSSR count). The predicted octanol–water partition coefficient (Wildman–Crippen LogP) is 5.44. The second-order valence-corrected chi connectivity index (χ2v) is 10.2. The van der Waals surface area contributed by atoms with Crippen LogP contribution in [-0.4, -0.2) is 26.1 Å². The van der Waals surface area contributed by atoms with Crippen molar-refractivity contribution in [2.24, 2.45) is 0 Å². The number of hydrogen-bond donors (Lipinski definition) is 1. The van der Waals surface area contributed by atoms with Gasteiger partial charge >= 0.3 is 0 Å². The summed E-state index contributed by atoms with van der Waals surface area (Å²) in [6, 6.07) is 7.56. The number of aryl methyl sites for hydroxylation is 2. The molecule has 3 aromatic heterocycles. The van der Waals surface area contributed by atoms with Crippen LogP contribution in [0.25, 0.3) is 10.2 Å². The molecule has 6 nitrogen and oxygen atoms in total. The van der Waals surface area contributed by atoms with Crippen molar-refractivity contribution in [1.82, 2.24) is 20.2 Å². The van der Waals surface area contributed by atoms with Gasteiger partial charge in [0.05, 0.1) is 5.56 Å². The molecule has 3 heterocycles. The van der Waals surface area contributed by atoms with Crippen molar-refractivity contribution in [2.75, 3.05) is 5.32 Å². The van der Waals surface area contributed by atoms with Gasteiger partial charge in [-0.3, -0.25) is 10.1 Å². The first-order chi connectivity index (χ1) is 14.1. The Labute approximate surface area is 179 Å². The minimum absolute atomic E-state index is 0.185. The Morgan fingerprint density at radius 1 is 1.14 bits per heavy atom. The summed E-state index contributed by atoms with van der Waals surface area (Å²) >= 11 is 4.62. The number of hydrogen-bond acceptors (Lipinski definition) is 8. The third-order valence-corrected chi connectivity index (χ3v) is 8.05. The van der Waals surface area contributed by atoms with Gasteiger partial charge in [-0.15, -0.1) is 21.5 Å². The summed E-state index contributed by atoms with van der Waals surface area (Å²) in [5.74, 6) is 0.341. The van der Waals surface area contributed by atoms with Gasteiger partial charge in [-0.05, 0) is 44.4 Å². The quantitative estimate of drug-likeness (QED) is 0.417. The highest BCUT2D eigenvalue weighted by Gasteiger charge is 2.28. The number of nitrogens with one attached hydrogen (secondary N) is 1. The fraction of sp³-hybridized carbons (Fsp3) is 0.250. The van der Waals surface area contributed by atoms with Crippen molar-refractivity contribution in [1.29, 1.82) is 0 Å². The maximum Gasteiger partial charge on any atom is 0.258 e. The first-order valence-electron chi connectivity index (χ1n) is 9.22. The second-order valence-electron chi connectivity index (χ2n) is 6.91. The average Bonchev–Trinajstić information content (AvgIpc) is 3.39. The van der Waals surface area contributed by atoms with Gasteiger partial charge < -0.3 is 0 Å². The Bertz CT molecular complexity index is 1230. The zero-order chi connectivity index (χ0) is 20.0. The molecule has 0 atom stereocenters. The molecule has 1 N–H and O–H groups in total. The summed E-state index contributed by atoms with van der Waals surface area (Å²) < 4.78 is 0. The molecule has 1 amide bonds. The standard InChI is InChI=1S/C20H17N5OS3/c1-10-11(2)27-18-15(10)19(22-9-21-18)28-14-6-4-3-5-13(14)16(26)23-20-25-24-17(29-20)12-7-8-12/h3-6,9,12H,7-8H2,1-2H3,(H,23,25,26). The lowest BCUT2D eigenvalue weighted by Crippen LogP contribution is -2.12. The van der Waals surface area contributed by atoms with E-state index >= 15 is 0 Å². The number of amides is 1. The SMILES string of the molecule is Cc1sc2ncnc(Sc3ccccc3C(=O)Nc3nnc(C4CC4)s3)c2c1C. The van der Waals surface area contributed by atoms with E-state index < -0.39 is 0 Å². The first-order valence-corrected chi connectivity index (χ1v) is 11.7. The monoisotopic (exact) mass is 439 g/mol. The molecule has 4 aromatic rings. The fourth-order valence-corrected chi connectivity index (χ4v) is 6.07. The van der Waals surface area contributed by atoms with Gasteiger partial charge in [0, 0.05) is 21.1 Å². The molecule has 146 valence electrons. The maximum atomic E-state index is 12.9. The summed E-state index contributed by atoms with van der Waals surface area (Å²) in [4.78, 5) is 24.9. The highest BCUT2D eigenvalue weighted by molar-refractivity contribution is 7.99. The summed E-state index contributed by atoms with van der Waals surface area (Å²) in [6.45, 7) is 4.18. The lowest BCUT2D eigenvalue weighted by Gasteiger charge is -2.09. The van der Waals surface area contributed by atoms with Crippen molar-refractivity contribution in [3.05, 3.63) is 51.6 Å². The van der Waals surface area contributed by atoms with E-state index in [0.717, 1.165) is 38.0 Å². The van der Waals surface area contributed by atoms with Crippen molar-refractivity contribution >= 4 is 55.7 Å². The Balaban J connectivity index is 1.44. The van der Waals surface area contributed by atoms with Gasteiger partial charge in [-0.2, -0.15) is 0 Å². The van der Waals surface area contributed by atoms with Gasteiger partial charge in [0.1, 0.15) is 21.2 Å². The number of benzene rings is 1. The number of anilines is 1. The number of rotatable bonds is 5. The fourth-order valence-electron chi connectivity index (χ4n) is 3.02. The van der Waals surface area contributed by atoms with Crippen LogP contribution in [0.1, 0.15) is 44.6 Å². The predicted molar refractivity (Wildman–Crippen MR) is 117 cm³/mol. The molecular formula is C20H17N5OS3. The van der Waals surface area contributed by atoms with Crippen LogP contribution in [0.3, 0.4) is 0 Å². The van der Waals surface area contributed by atoms with Crippen LogP contribution in [0.2, 0.25) is 0 Å². The molecule has 1 saturated carbocycles. The van der Waals surface area contributed by atoms with E-state index in [9.17, 15) is 4.79 Å². The van der Waals surface area contributed by atoms with E-state index in [2.05, 4.69) is 39.3 Å². The van der Waals surface area contributed by atoms with Crippen LogP contribution in [0.4, 0.5) is 5.13 Å². The molecule has 1 aromatic carbocycles. The van der Waals surface area contributed by atoms with Crippen LogP contribution >= 0.6 is 34.4 Å². The molecule has 9 heteroatoms. The Morgan fingerprint density at radius 3 is 2.79 bits per heavy atom. The lowest BCUT2D eigenvalue weighted by atomic mass is 10.2. The summed E-state index contributed by atoms with van der Waals surface area (Å²) in [6.07, 6.45) is 3.91. The van der Waals surface area contributed by atoms with Gasteiger partial charge in [0.25, 0.3) is 5.91 Å². The number of nitrogens with zero attached hydrogens (tertiary/aromatic N) is 4. The maximum absolute atomic E-state index is 12.9. The third-order valence-electron chi connectivity index (χ3n) is 4.86. The molecular weight excluding hydrogens is 422 g/mol. The molecule has 0 spiro atoms. The molecule has 1 aliphatic carbocycles. The largest absolute Gasteiger partial charge is 0.296 e. The van der Waals surface area contributed by atoms with Gasteiger partial charge in [0.15, 0.2) is 0 Å². The average molecular weight is 440 g/mol. The summed E-state index contributed by atoms with van der Waals surface area (Å²) in [5.41, 5.74) is 1.79. The number of fused-ring (bicyclic) bond motifs is 1. The molecule has 0 bridgehead atoms. The third kappa shape index (κ3) is 3.65. The number of carbonyl (C=O) groups excluding carboxylic acids is 1. The molecule has 0 unspecified atom stereocenters. The van der Waals surface area contributed by atoms with Crippen molar-refractivity contribution in [3.8, 4) is 0 Å². The number of aromatic nitrogens is 4. The van der Waals surface area contributed by atoms with Crippen LogP contribution in [0.5, 0.6) is 0 Å². The first kappa shape index (κ1) is 18.7. The Hall–Kier alpha value is -2.36. The van der Waals surface area contributed by atoms with Crippen LogP contribution in [-0.2, 0) is 0 Å². The van der Waals surface area contributed by atoms with Crippen molar-refractivity contribution in [3.63, 3.8) is 0 Å². The molecule has 1 fully saturated rings. The summed E-state index contributed by atoms with van der Waals surface area (Å²) in [7, 11) is 0. The van der Waals surface area contributed by atoms with E-state index in [4.69, 9.17) is 0 Å². The van der Waals surface area contributed by atoms with Gasteiger partial charge in [-0.1, -0.05) is 35.2 Å². The highest BCUT2D eigenvalue weighted by Crippen LogP contribution is 2.42. The Kier molecular flexibility index (Phi) is 4.81. The van der Waals surface area contributed by atoms with Crippen molar-refractivity contribution in [2.45, 2.75) is 42.5 Å². The van der Waals surface area contributed by atoms with E-state index in [0.29, 0.717) is 16.6 Å². The van der Waals surface area contributed by atoms with Crippen LogP contribution < -0.4 is 5.32 Å². The normalized spacial score (nSPS) is 13.7. The number of carbonyl (C=O) groups is 1. The van der Waals surface area contributed by atoms with Gasteiger partial charge in [-0.25, -0.2) is 9.97 Å². The zero-order valence-corrected chi connectivity index (χ0v) is 18.2. The molecule has 0 saturated heterocycles. The minimum Gasteiger partial charge on any atom is -0.296 e. The topological polar surface area (TPSA) is 80.7 Å². The van der Waals surface area contributed by atoms with Gasteiger partial charge in [0.2, 0.25) is 5.13 Å². The van der Waals surface area contributed by atoms with E-state index in [1.54, 1.807) is 17.7 Å². The van der Waals surface area contributed by atoms with E-state index in [-0.39, 0.29) is 5.91 Å². The lowest BCUT2D eigenvalue weighted by molar-refractivity contribution is 0.102. The zero-order valence-electron chi connectivity index (χ0n) is 15.8. The summed E-state index contributed by atoms with van der Waals surface area (Å²) in [5, 5.41) is 14.7. The minimum atomic E-state index is -0.185. The van der Waals surface area contributed by atoms with E-state index in [1.807, 2.05) is 24.3 Å². The Morgan fingerprint density at radius 2 is 1.97 bits per heavy atom. The highest BCUT2D eigenvalue weighted by atomic mass is 32.2. The smallest absolute Gasteiger partial charge is 0.258 e. The molecule has 29 heavy (non-hydrogen) atoms. The molecule has 1 aliphatic rings. The van der Waals surface area contributed by atoms with Crippen LogP contribution in [0.15, 0.2) is 40.5 Å². The van der Waals surface area contributed by atoms with E-state index in [1.165, 1.54) is 33.5 Å².